The summed E-state index contributed by atoms with van der Waals surface area (Å²) in [5, 5.41) is 2.47. The van der Waals surface area contributed by atoms with Crippen LogP contribution in [0.15, 0.2) is 15.8 Å². The Hall–Kier alpha value is -3.31. The highest BCUT2D eigenvalue weighted by Gasteiger charge is 2.20. The van der Waals surface area contributed by atoms with E-state index in [0.29, 0.717) is 0 Å². The van der Waals surface area contributed by atoms with Crippen molar-refractivity contribution in [2.24, 2.45) is 0 Å². The van der Waals surface area contributed by atoms with Crippen molar-refractivity contribution in [2.45, 2.75) is 40.2 Å². The fourth-order valence-corrected chi connectivity index (χ4v) is 2.05. The molecular formula is C17H27N5O7. The molecule has 0 radical (unpaired) electrons. The number of rotatable bonds is 7. The summed E-state index contributed by atoms with van der Waals surface area (Å²) in [7, 11) is 0. The Balaban J connectivity index is 2.83. The highest BCUT2D eigenvalue weighted by Crippen LogP contribution is 2.06. The predicted molar refractivity (Wildman–Crippen MR) is 103 cm³/mol. The monoisotopic (exact) mass is 413 g/mol. The minimum absolute atomic E-state index is 0.0126. The van der Waals surface area contributed by atoms with Gasteiger partial charge in [0.1, 0.15) is 12.1 Å². The largest absolute Gasteiger partial charge is 0.465 e. The molecule has 0 saturated heterocycles. The van der Waals surface area contributed by atoms with E-state index in [1.807, 2.05) is 4.98 Å². The van der Waals surface area contributed by atoms with Crippen molar-refractivity contribution in [1.82, 2.24) is 19.9 Å². The third kappa shape index (κ3) is 8.49. The molecule has 0 aromatic carbocycles. The Labute approximate surface area is 167 Å². The van der Waals surface area contributed by atoms with Crippen LogP contribution in [0.4, 0.5) is 9.59 Å². The second kappa shape index (κ2) is 10.3. The van der Waals surface area contributed by atoms with Gasteiger partial charge in [-0.15, -0.1) is 0 Å². The summed E-state index contributed by atoms with van der Waals surface area (Å²) < 4.78 is 10.7. The fraction of sp³-hybridized carbons (Fsp3) is 0.588. The Bertz CT molecular complexity index is 853. The summed E-state index contributed by atoms with van der Waals surface area (Å²) in [6.45, 7) is 7.83. The molecule has 0 aliphatic heterocycles. The number of hydrogen-bond donors (Lipinski definition) is 3. The number of H-pyrrole nitrogens is 1. The van der Waals surface area contributed by atoms with Gasteiger partial charge in [0.2, 0.25) is 0 Å². The molecule has 0 bridgehead atoms. The molecule has 1 heterocycles. The molecule has 0 spiro atoms. The predicted octanol–water partition coefficient (Wildman–Crippen LogP) is -0.102. The Morgan fingerprint density at radius 3 is 2.48 bits per heavy atom. The zero-order valence-electron chi connectivity index (χ0n) is 17.2. The van der Waals surface area contributed by atoms with Crippen molar-refractivity contribution < 1.29 is 23.9 Å². The van der Waals surface area contributed by atoms with Crippen molar-refractivity contribution >= 4 is 18.1 Å². The van der Waals surface area contributed by atoms with Crippen LogP contribution in [-0.2, 0) is 14.3 Å². The number of aromatic nitrogens is 2. The summed E-state index contributed by atoms with van der Waals surface area (Å²) in [6.07, 6.45) is 0.474. The minimum Gasteiger partial charge on any atom is -0.465 e. The molecule has 3 amide bonds. The number of aryl methyl sites for hydroxylation is 1. The highest BCUT2D eigenvalue weighted by molar-refractivity contribution is 5.86. The van der Waals surface area contributed by atoms with E-state index in [-0.39, 0.29) is 25.3 Å². The average Bonchev–Trinajstić information content (AvgIpc) is 2.57. The van der Waals surface area contributed by atoms with Gasteiger partial charge in [-0.25, -0.2) is 24.5 Å². The maximum atomic E-state index is 12.5. The zero-order valence-corrected chi connectivity index (χ0v) is 17.2. The van der Waals surface area contributed by atoms with Gasteiger partial charge in [-0.3, -0.25) is 14.6 Å². The lowest BCUT2D eigenvalue weighted by Gasteiger charge is -2.23. The van der Waals surface area contributed by atoms with Gasteiger partial charge in [0.15, 0.2) is 0 Å². The van der Waals surface area contributed by atoms with Crippen molar-refractivity contribution in [3.8, 4) is 0 Å². The number of urea groups is 1. The van der Waals surface area contributed by atoms with Crippen LogP contribution < -0.4 is 22.0 Å². The third-order valence-corrected chi connectivity index (χ3v) is 3.30. The first-order chi connectivity index (χ1) is 13.4. The van der Waals surface area contributed by atoms with E-state index >= 15 is 0 Å². The van der Waals surface area contributed by atoms with Crippen LogP contribution in [0.1, 0.15) is 33.3 Å². The minimum atomic E-state index is -0.850. The lowest BCUT2D eigenvalue weighted by Crippen LogP contribution is -2.48. The van der Waals surface area contributed by atoms with Crippen LogP contribution in [0.25, 0.3) is 0 Å². The number of ether oxygens (including phenoxy) is 2. The number of esters is 1. The summed E-state index contributed by atoms with van der Waals surface area (Å²) >= 11 is 0. The third-order valence-electron chi connectivity index (χ3n) is 3.30. The molecule has 0 atom stereocenters. The number of carbonyl (C=O) groups excluding carboxylic acids is 3. The van der Waals surface area contributed by atoms with E-state index in [0.717, 1.165) is 15.8 Å². The van der Waals surface area contributed by atoms with Crippen LogP contribution in [0.5, 0.6) is 0 Å². The number of alkyl carbamates (subject to hydrolysis) is 1. The molecular weight excluding hydrogens is 386 g/mol. The maximum Gasteiger partial charge on any atom is 0.407 e. The van der Waals surface area contributed by atoms with Crippen molar-refractivity contribution in [3.63, 3.8) is 0 Å². The molecule has 162 valence electrons. The van der Waals surface area contributed by atoms with E-state index in [1.165, 1.54) is 6.92 Å². The van der Waals surface area contributed by atoms with E-state index in [1.54, 1.807) is 27.7 Å². The Morgan fingerprint density at radius 2 is 1.90 bits per heavy atom. The molecule has 12 heteroatoms. The molecule has 3 N–H and O–H groups in total. The SMILES string of the molecule is CCOC(=O)CN(CCNC(=O)OC(C)(C)C)C(=O)Nn1cc(C)c(=O)[nH]c1=O. The summed E-state index contributed by atoms with van der Waals surface area (Å²) in [4.78, 5) is 62.4. The molecule has 1 aromatic heterocycles. The Kier molecular flexibility index (Phi) is 8.42. The van der Waals surface area contributed by atoms with Gasteiger partial charge in [0.05, 0.1) is 6.61 Å². The Morgan fingerprint density at radius 1 is 1.24 bits per heavy atom. The second-order valence-corrected chi connectivity index (χ2v) is 7.01. The number of aromatic amines is 1. The molecule has 0 unspecified atom stereocenters. The van der Waals surface area contributed by atoms with Gasteiger partial charge in [0, 0.05) is 24.8 Å². The highest BCUT2D eigenvalue weighted by atomic mass is 16.6. The number of hydrogen-bond acceptors (Lipinski definition) is 7. The molecule has 12 nitrogen and oxygen atoms in total. The van der Waals surface area contributed by atoms with Crippen LogP contribution in [0.3, 0.4) is 0 Å². The first-order valence-electron chi connectivity index (χ1n) is 8.94. The first-order valence-corrected chi connectivity index (χ1v) is 8.94. The smallest absolute Gasteiger partial charge is 0.407 e. The van der Waals surface area contributed by atoms with Crippen LogP contribution in [-0.4, -0.2) is 64.5 Å². The second-order valence-electron chi connectivity index (χ2n) is 7.01. The topological polar surface area (TPSA) is 152 Å². The lowest BCUT2D eigenvalue weighted by molar-refractivity contribution is -0.143. The molecule has 1 rings (SSSR count). The van der Waals surface area contributed by atoms with Crippen LogP contribution >= 0.6 is 0 Å². The van der Waals surface area contributed by atoms with E-state index in [4.69, 9.17) is 9.47 Å². The number of amides is 3. The summed E-state index contributed by atoms with van der Waals surface area (Å²) in [5.74, 6) is -0.662. The van der Waals surface area contributed by atoms with Gasteiger partial charge < -0.3 is 19.7 Å². The first kappa shape index (κ1) is 23.7. The average molecular weight is 413 g/mol. The fourth-order valence-electron chi connectivity index (χ4n) is 2.05. The van der Waals surface area contributed by atoms with Gasteiger partial charge >= 0.3 is 23.8 Å². The summed E-state index contributed by atoms with van der Waals surface area (Å²) in [5.41, 5.74) is 0.360. The molecule has 0 fully saturated rings. The molecule has 29 heavy (non-hydrogen) atoms. The molecule has 1 aromatic rings. The molecule has 0 aliphatic carbocycles. The lowest BCUT2D eigenvalue weighted by atomic mass is 10.2. The molecule has 0 saturated carbocycles. The zero-order chi connectivity index (χ0) is 22.2. The number of carbonyl (C=O) groups is 3. The number of nitrogens with zero attached hydrogens (tertiary/aromatic N) is 2. The molecule has 0 aliphatic rings. The van der Waals surface area contributed by atoms with E-state index < -0.39 is 41.5 Å². The summed E-state index contributed by atoms with van der Waals surface area (Å²) in [6, 6.07) is -0.808. The van der Waals surface area contributed by atoms with E-state index in [2.05, 4.69) is 10.7 Å². The van der Waals surface area contributed by atoms with Crippen LogP contribution in [0.2, 0.25) is 0 Å². The normalized spacial score (nSPS) is 10.8. The van der Waals surface area contributed by atoms with Gasteiger partial charge in [0.25, 0.3) is 5.56 Å². The quantitative estimate of drug-likeness (QED) is 0.528. The van der Waals surface area contributed by atoms with E-state index in [9.17, 15) is 24.0 Å². The van der Waals surface area contributed by atoms with Crippen molar-refractivity contribution in [2.75, 3.05) is 31.7 Å². The van der Waals surface area contributed by atoms with Gasteiger partial charge in [-0.1, -0.05) is 0 Å². The van der Waals surface area contributed by atoms with Crippen molar-refractivity contribution in [1.29, 1.82) is 0 Å². The maximum absolute atomic E-state index is 12.5. The van der Waals surface area contributed by atoms with Crippen LogP contribution in [0, 0.1) is 6.92 Å². The number of nitrogens with one attached hydrogen (secondary N) is 3. The standard InChI is InChI=1S/C17H27N5O7/c1-6-28-12(23)10-21(8-7-18-16(27)29-17(3,4)5)15(26)20-22-9-11(2)13(24)19-14(22)25/h9H,6-8,10H2,1-5H3,(H,18,27)(H,20,26)(H,19,24,25). The van der Waals surface area contributed by atoms with Gasteiger partial charge in [-0.05, 0) is 34.6 Å². The van der Waals surface area contributed by atoms with Crippen molar-refractivity contribution in [3.05, 3.63) is 32.6 Å². The van der Waals surface area contributed by atoms with Gasteiger partial charge in [-0.2, -0.15) is 0 Å².